The van der Waals surface area contributed by atoms with E-state index in [1.807, 2.05) is 20.9 Å². The highest BCUT2D eigenvalue weighted by molar-refractivity contribution is 6.07. The topological polar surface area (TPSA) is 135 Å². The van der Waals surface area contributed by atoms with E-state index in [2.05, 4.69) is 25.5 Å². The number of halogens is 2. The number of benzene rings is 1. The van der Waals surface area contributed by atoms with E-state index in [0.717, 1.165) is 30.9 Å². The summed E-state index contributed by atoms with van der Waals surface area (Å²) in [5.41, 5.74) is 0.995. The molecule has 12 nitrogen and oxygen atoms in total. The molecule has 14 heteroatoms. The van der Waals surface area contributed by atoms with Crippen LogP contribution in [0.1, 0.15) is 42.4 Å². The minimum Gasteiger partial charge on any atom is -0.448 e. The number of carbonyl (C=O) groups is 2. The standard InChI is InChI=1S/C22H29N7O5.2ClH/c1-5-34-21(31)28-18-16(13-23-22(18,2)3)19(25-28)24-20(30)15-7-6-14(12-17(15)29(32)33)27-10-8-26(4)9-11-27;;/h6-7,12,23H,5,8-11,13H2,1-4H3,(H,24,25,30);2*1H. The maximum absolute atomic E-state index is 13.1. The molecule has 1 saturated heterocycles. The van der Waals surface area contributed by atoms with Gasteiger partial charge in [-0.1, -0.05) is 0 Å². The van der Waals surface area contributed by atoms with Gasteiger partial charge in [-0.3, -0.25) is 14.9 Å². The normalized spacial score (nSPS) is 16.4. The second kappa shape index (κ2) is 11.4. The van der Waals surface area contributed by atoms with Crippen molar-refractivity contribution in [2.24, 2.45) is 0 Å². The van der Waals surface area contributed by atoms with Crippen molar-refractivity contribution in [2.75, 3.05) is 50.1 Å². The summed E-state index contributed by atoms with van der Waals surface area (Å²) < 4.78 is 6.24. The summed E-state index contributed by atoms with van der Waals surface area (Å²) in [5, 5.41) is 22.0. The first-order valence-electron chi connectivity index (χ1n) is 11.2. The van der Waals surface area contributed by atoms with Crippen molar-refractivity contribution in [1.82, 2.24) is 20.0 Å². The van der Waals surface area contributed by atoms with Gasteiger partial charge >= 0.3 is 6.09 Å². The zero-order chi connectivity index (χ0) is 24.6. The van der Waals surface area contributed by atoms with E-state index < -0.39 is 22.5 Å². The minimum absolute atomic E-state index is 0. The number of rotatable bonds is 5. The van der Waals surface area contributed by atoms with Crippen LogP contribution in [0.2, 0.25) is 0 Å². The van der Waals surface area contributed by atoms with Gasteiger partial charge in [0.2, 0.25) is 0 Å². The number of aromatic nitrogens is 2. The Labute approximate surface area is 221 Å². The van der Waals surface area contributed by atoms with Crippen LogP contribution in [0, 0.1) is 10.1 Å². The van der Waals surface area contributed by atoms with Crippen LogP contribution in [0.5, 0.6) is 0 Å². The maximum Gasteiger partial charge on any atom is 0.435 e. The van der Waals surface area contributed by atoms with Crippen molar-refractivity contribution < 1.29 is 19.2 Å². The molecule has 2 aromatic rings. The molecule has 1 aromatic heterocycles. The Morgan fingerprint density at radius 3 is 2.50 bits per heavy atom. The summed E-state index contributed by atoms with van der Waals surface area (Å²) in [7, 11) is 2.03. The number of carbonyl (C=O) groups excluding carboxylic acids is 2. The molecule has 0 radical (unpaired) electrons. The fourth-order valence-electron chi connectivity index (χ4n) is 4.37. The highest BCUT2D eigenvalue weighted by Gasteiger charge is 2.39. The molecule has 0 bridgehead atoms. The third kappa shape index (κ3) is 5.56. The highest BCUT2D eigenvalue weighted by atomic mass is 35.5. The van der Waals surface area contributed by atoms with Gasteiger partial charge in [-0.25, -0.2) is 4.79 Å². The van der Waals surface area contributed by atoms with Gasteiger partial charge in [0.05, 0.1) is 22.8 Å². The van der Waals surface area contributed by atoms with Crippen molar-refractivity contribution >= 4 is 54.0 Å². The number of fused-ring (bicyclic) bond motifs is 1. The molecule has 2 N–H and O–H groups in total. The molecule has 0 unspecified atom stereocenters. The first-order chi connectivity index (χ1) is 16.1. The lowest BCUT2D eigenvalue weighted by atomic mass is 10.0. The third-order valence-corrected chi connectivity index (χ3v) is 6.25. The van der Waals surface area contributed by atoms with Crippen molar-refractivity contribution in [3.63, 3.8) is 0 Å². The van der Waals surface area contributed by atoms with Crippen LogP contribution in [0.15, 0.2) is 18.2 Å². The quantitative estimate of drug-likeness (QED) is 0.430. The first-order valence-corrected chi connectivity index (χ1v) is 11.2. The number of nitrogens with one attached hydrogen (secondary N) is 2. The van der Waals surface area contributed by atoms with Gasteiger partial charge in [0.1, 0.15) is 5.56 Å². The smallest absolute Gasteiger partial charge is 0.435 e. The molecule has 0 saturated carbocycles. The van der Waals surface area contributed by atoms with Gasteiger partial charge in [0, 0.05) is 50.0 Å². The van der Waals surface area contributed by atoms with Crippen LogP contribution in [-0.2, 0) is 16.8 Å². The van der Waals surface area contributed by atoms with Crippen LogP contribution in [0.25, 0.3) is 0 Å². The fourth-order valence-corrected chi connectivity index (χ4v) is 4.37. The van der Waals surface area contributed by atoms with Crippen LogP contribution >= 0.6 is 24.8 Å². The van der Waals surface area contributed by atoms with E-state index in [-0.39, 0.29) is 48.5 Å². The average Bonchev–Trinajstić information content (AvgIpc) is 3.32. The Morgan fingerprint density at radius 1 is 1.22 bits per heavy atom. The average molecular weight is 544 g/mol. The Bertz CT molecular complexity index is 1150. The van der Waals surface area contributed by atoms with Crippen molar-refractivity contribution in [2.45, 2.75) is 32.9 Å². The van der Waals surface area contributed by atoms with E-state index in [1.165, 1.54) is 12.1 Å². The first kappa shape index (κ1) is 29.3. The largest absolute Gasteiger partial charge is 0.448 e. The van der Waals surface area contributed by atoms with Gasteiger partial charge in [-0.2, -0.15) is 4.68 Å². The Balaban J connectivity index is 0.00000228. The Hall–Kier alpha value is -2.93. The number of hydrogen-bond acceptors (Lipinski definition) is 9. The second-order valence-corrected chi connectivity index (χ2v) is 8.97. The number of nitro benzene ring substituents is 1. The number of anilines is 2. The molecule has 2 aliphatic heterocycles. The number of ether oxygens (including phenoxy) is 1. The minimum atomic E-state index is -0.669. The summed E-state index contributed by atoms with van der Waals surface area (Å²) in [6.45, 7) is 9.24. The monoisotopic (exact) mass is 543 g/mol. The molecule has 4 rings (SSSR count). The Kier molecular flexibility index (Phi) is 9.29. The summed E-state index contributed by atoms with van der Waals surface area (Å²) >= 11 is 0. The zero-order valence-electron chi connectivity index (χ0n) is 20.6. The SMILES string of the molecule is CCOC(=O)n1nc(NC(=O)c2ccc(N3CCN(C)CC3)cc2[N+](=O)[O-])c2c1C(C)(C)NC2.Cl.Cl. The molecule has 1 fully saturated rings. The van der Waals surface area contributed by atoms with Crippen molar-refractivity contribution in [3.8, 4) is 0 Å². The number of hydrogen-bond donors (Lipinski definition) is 2. The molecule has 2 aliphatic rings. The van der Waals surface area contributed by atoms with Gasteiger partial charge in [-0.15, -0.1) is 29.9 Å². The van der Waals surface area contributed by atoms with Gasteiger partial charge in [-0.05, 0) is 40.0 Å². The lowest BCUT2D eigenvalue weighted by Crippen LogP contribution is -2.44. The molecular formula is C22H31Cl2N7O5. The summed E-state index contributed by atoms with van der Waals surface area (Å²) in [6, 6.07) is 4.62. The molecule has 198 valence electrons. The lowest BCUT2D eigenvalue weighted by molar-refractivity contribution is -0.385. The van der Waals surface area contributed by atoms with Crippen LogP contribution in [0.3, 0.4) is 0 Å². The van der Waals surface area contributed by atoms with Crippen LogP contribution in [-0.4, -0.2) is 71.4 Å². The second-order valence-electron chi connectivity index (χ2n) is 8.97. The maximum atomic E-state index is 13.1. The number of piperazine rings is 1. The predicted octanol–water partition coefficient (Wildman–Crippen LogP) is 2.98. The van der Waals surface area contributed by atoms with E-state index in [1.54, 1.807) is 13.0 Å². The van der Waals surface area contributed by atoms with Gasteiger partial charge < -0.3 is 25.2 Å². The summed E-state index contributed by atoms with van der Waals surface area (Å²) in [4.78, 5) is 41.1. The molecule has 36 heavy (non-hydrogen) atoms. The summed E-state index contributed by atoms with van der Waals surface area (Å²) in [5.74, 6) is -0.499. The van der Waals surface area contributed by atoms with Gasteiger partial charge in [0.25, 0.3) is 11.6 Å². The molecule has 1 aromatic carbocycles. The number of amides is 1. The molecule has 1 amide bonds. The predicted molar refractivity (Wildman–Crippen MR) is 140 cm³/mol. The number of nitro groups is 1. The molecule has 0 atom stereocenters. The van der Waals surface area contributed by atoms with E-state index in [4.69, 9.17) is 4.74 Å². The molecular weight excluding hydrogens is 513 g/mol. The van der Waals surface area contributed by atoms with Crippen LogP contribution < -0.4 is 15.5 Å². The number of nitrogens with zero attached hydrogens (tertiary/aromatic N) is 5. The van der Waals surface area contributed by atoms with Gasteiger partial charge in [0.15, 0.2) is 5.82 Å². The lowest BCUT2D eigenvalue weighted by Gasteiger charge is -2.34. The summed E-state index contributed by atoms with van der Waals surface area (Å²) in [6.07, 6.45) is -0.654. The van der Waals surface area contributed by atoms with E-state index >= 15 is 0 Å². The highest BCUT2D eigenvalue weighted by Crippen LogP contribution is 2.36. The van der Waals surface area contributed by atoms with Crippen molar-refractivity contribution in [3.05, 3.63) is 45.1 Å². The fraction of sp³-hybridized carbons (Fsp3) is 0.500. The van der Waals surface area contributed by atoms with Crippen molar-refractivity contribution in [1.29, 1.82) is 0 Å². The molecule has 0 spiro atoms. The third-order valence-electron chi connectivity index (χ3n) is 6.25. The van der Waals surface area contributed by atoms with E-state index in [9.17, 15) is 19.7 Å². The molecule has 0 aliphatic carbocycles. The van der Waals surface area contributed by atoms with E-state index in [0.29, 0.717) is 23.5 Å². The Morgan fingerprint density at radius 2 is 1.89 bits per heavy atom. The number of likely N-dealkylation sites (N-methyl/N-ethyl adjacent to an activating group) is 1. The molecule has 3 heterocycles. The van der Waals surface area contributed by atoms with Crippen LogP contribution in [0.4, 0.5) is 22.0 Å². The zero-order valence-corrected chi connectivity index (χ0v) is 22.2.